The second-order valence-electron chi connectivity index (χ2n) is 6.01. The predicted molar refractivity (Wildman–Crippen MR) is 113 cm³/mol. The summed E-state index contributed by atoms with van der Waals surface area (Å²) in [6.07, 6.45) is 1.75. The van der Waals surface area contributed by atoms with E-state index in [2.05, 4.69) is 27.1 Å². The number of hydrogen-bond donors (Lipinski definition) is 1. The number of hydrogen-bond acceptors (Lipinski definition) is 6. The Morgan fingerprint density at radius 2 is 2.03 bits per heavy atom. The Morgan fingerprint density at radius 3 is 2.97 bits per heavy atom. The fraction of sp³-hybridized carbons (Fsp3) is 0.136. The average molecular weight is 403 g/mol. The van der Waals surface area contributed by atoms with E-state index in [1.54, 1.807) is 6.20 Å². The number of carbonyl (C=O) groups excluding carboxylic acids is 1. The minimum Gasteiger partial charge on any atom is -0.481 e. The number of aromatic nitrogens is 2. The highest BCUT2D eigenvalue weighted by Crippen LogP contribution is 2.22. The third-order valence-corrected chi connectivity index (χ3v) is 4.82. The van der Waals surface area contributed by atoms with Gasteiger partial charge in [0.2, 0.25) is 5.91 Å². The Morgan fingerprint density at radius 1 is 1.10 bits per heavy atom. The monoisotopic (exact) mass is 403 g/mol. The Bertz CT molecular complexity index is 1180. The van der Waals surface area contributed by atoms with E-state index < -0.39 is 0 Å². The molecule has 2 aromatic heterocycles. The largest absolute Gasteiger partial charge is 0.481 e. The maximum Gasteiger partial charge on any atom is 0.257 e. The number of nitrogens with one attached hydrogen (secondary N) is 1. The van der Waals surface area contributed by atoms with Crippen LogP contribution in [0, 0.1) is 11.8 Å². The molecule has 7 heteroatoms. The van der Waals surface area contributed by atoms with Crippen LogP contribution in [0.4, 0.5) is 0 Å². The van der Waals surface area contributed by atoms with E-state index >= 15 is 0 Å². The van der Waals surface area contributed by atoms with E-state index in [-0.39, 0.29) is 24.8 Å². The number of oxazole rings is 1. The van der Waals surface area contributed by atoms with Gasteiger partial charge < -0.3 is 14.5 Å². The van der Waals surface area contributed by atoms with E-state index in [9.17, 15) is 4.79 Å². The Labute approximate surface area is 171 Å². The SMILES string of the molecule is O=C(CSc1nc2ccccc2o1)NCC#CCOc1ccc2cccnc2c1. The molecule has 0 aliphatic carbocycles. The summed E-state index contributed by atoms with van der Waals surface area (Å²) in [5.41, 5.74) is 2.37. The molecule has 29 heavy (non-hydrogen) atoms. The normalized spacial score (nSPS) is 10.5. The summed E-state index contributed by atoms with van der Waals surface area (Å²) in [4.78, 5) is 20.5. The number of thioether (sulfide) groups is 1. The molecule has 1 N–H and O–H groups in total. The van der Waals surface area contributed by atoms with Crippen LogP contribution in [0.25, 0.3) is 22.0 Å². The Hall–Kier alpha value is -3.50. The number of ether oxygens (including phenoxy) is 1. The molecule has 0 aliphatic heterocycles. The lowest BCUT2D eigenvalue weighted by Crippen LogP contribution is -2.25. The van der Waals surface area contributed by atoms with Crippen LogP contribution in [0.3, 0.4) is 0 Å². The predicted octanol–water partition coefficient (Wildman–Crippen LogP) is 3.67. The molecule has 0 spiro atoms. The van der Waals surface area contributed by atoms with Gasteiger partial charge >= 0.3 is 0 Å². The first-order valence-corrected chi connectivity index (χ1v) is 9.95. The van der Waals surface area contributed by atoms with Crippen molar-refractivity contribution in [3.05, 3.63) is 60.8 Å². The molecule has 4 aromatic rings. The molecule has 0 radical (unpaired) electrons. The van der Waals surface area contributed by atoms with Gasteiger partial charge in [-0.1, -0.05) is 41.8 Å². The molecule has 2 heterocycles. The number of pyridine rings is 1. The Kier molecular flexibility index (Phi) is 5.93. The number of fused-ring (bicyclic) bond motifs is 2. The maximum atomic E-state index is 11.9. The minimum absolute atomic E-state index is 0.131. The van der Waals surface area contributed by atoms with E-state index in [1.165, 1.54) is 11.8 Å². The third-order valence-electron chi connectivity index (χ3n) is 3.99. The van der Waals surface area contributed by atoms with Gasteiger partial charge in [0.25, 0.3) is 5.22 Å². The maximum absolute atomic E-state index is 11.9. The van der Waals surface area contributed by atoms with E-state index in [4.69, 9.17) is 9.15 Å². The number of nitrogens with zero attached hydrogens (tertiary/aromatic N) is 2. The van der Waals surface area contributed by atoms with Gasteiger partial charge in [-0.05, 0) is 30.3 Å². The summed E-state index contributed by atoms with van der Waals surface area (Å²) >= 11 is 1.25. The van der Waals surface area contributed by atoms with Crippen molar-refractivity contribution in [3.8, 4) is 17.6 Å². The zero-order chi connectivity index (χ0) is 19.9. The molecule has 1 amide bonds. The molecule has 2 aromatic carbocycles. The van der Waals surface area contributed by atoms with Gasteiger partial charge in [-0.15, -0.1) is 0 Å². The molecular formula is C22H17N3O3S. The number of amides is 1. The second kappa shape index (κ2) is 9.13. The van der Waals surface area contributed by atoms with Crippen LogP contribution in [-0.2, 0) is 4.79 Å². The lowest BCUT2D eigenvalue weighted by molar-refractivity contribution is -0.118. The van der Waals surface area contributed by atoms with Gasteiger partial charge in [0, 0.05) is 17.6 Å². The van der Waals surface area contributed by atoms with Crippen molar-refractivity contribution in [2.45, 2.75) is 5.22 Å². The van der Waals surface area contributed by atoms with Gasteiger partial charge in [-0.2, -0.15) is 0 Å². The molecular weight excluding hydrogens is 386 g/mol. The summed E-state index contributed by atoms with van der Waals surface area (Å²) in [6.45, 7) is 0.501. The fourth-order valence-corrected chi connectivity index (χ4v) is 3.27. The van der Waals surface area contributed by atoms with Crippen LogP contribution in [0.5, 0.6) is 5.75 Å². The number of benzene rings is 2. The highest BCUT2D eigenvalue weighted by atomic mass is 32.2. The average Bonchev–Trinajstić information content (AvgIpc) is 3.17. The van der Waals surface area contributed by atoms with E-state index in [0.29, 0.717) is 16.6 Å². The van der Waals surface area contributed by atoms with Gasteiger partial charge in [0.05, 0.1) is 17.8 Å². The molecule has 0 saturated carbocycles. The first-order chi connectivity index (χ1) is 14.3. The standard InChI is InChI=1S/C22H17N3O3S/c26-21(15-29-22-25-18-7-1-2-8-20(18)28-22)24-11-3-4-13-27-17-10-9-16-6-5-12-23-19(16)14-17/h1-2,5-10,12,14H,11,13,15H2,(H,24,26). The van der Waals surface area contributed by atoms with Gasteiger partial charge in [0.1, 0.15) is 17.9 Å². The smallest absolute Gasteiger partial charge is 0.257 e. The summed E-state index contributed by atoms with van der Waals surface area (Å²) < 4.78 is 11.2. The summed E-state index contributed by atoms with van der Waals surface area (Å²) in [7, 11) is 0. The van der Waals surface area contributed by atoms with Gasteiger partial charge in [-0.3, -0.25) is 9.78 Å². The third kappa shape index (κ3) is 5.06. The van der Waals surface area contributed by atoms with Crippen molar-refractivity contribution in [2.75, 3.05) is 18.9 Å². The van der Waals surface area contributed by atoms with Gasteiger partial charge in [0.15, 0.2) is 5.58 Å². The first-order valence-electron chi connectivity index (χ1n) is 8.96. The van der Waals surface area contributed by atoms with Crippen LogP contribution in [0.2, 0.25) is 0 Å². The molecule has 0 atom stereocenters. The van der Waals surface area contributed by atoms with E-state index in [0.717, 1.165) is 16.4 Å². The van der Waals surface area contributed by atoms with Crippen LogP contribution in [-0.4, -0.2) is 34.8 Å². The minimum atomic E-state index is -0.131. The number of carbonyl (C=O) groups is 1. The van der Waals surface area contributed by atoms with Crippen molar-refractivity contribution in [1.82, 2.24) is 15.3 Å². The lowest BCUT2D eigenvalue weighted by atomic mass is 10.2. The molecule has 0 fully saturated rings. The molecule has 4 rings (SSSR count). The quantitative estimate of drug-likeness (QED) is 0.391. The van der Waals surface area contributed by atoms with Crippen molar-refractivity contribution >= 4 is 39.7 Å². The first kappa shape index (κ1) is 18.8. The summed E-state index contributed by atoms with van der Waals surface area (Å²) in [5, 5.41) is 4.28. The molecule has 0 bridgehead atoms. The van der Waals surface area contributed by atoms with Crippen LogP contribution in [0.15, 0.2) is 70.4 Å². The zero-order valence-corrected chi connectivity index (χ0v) is 16.2. The van der Waals surface area contributed by atoms with Crippen LogP contribution >= 0.6 is 11.8 Å². The summed E-state index contributed by atoms with van der Waals surface area (Å²) in [6, 6.07) is 17.1. The topological polar surface area (TPSA) is 77.2 Å². The molecule has 0 saturated heterocycles. The van der Waals surface area contributed by atoms with E-state index in [1.807, 2.05) is 54.6 Å². The van der Waals surface area contributed by atoms with Crippen molar-refractivity contribution in [3.63, 3.8) is 0 Å². The summed E-state index contributed by atoms with van der Waals surface area (Å²) in [5.74, 6) is 6.55. The van der Waals surface area contributed by atoms with Crippen molar-refractivity contribution < 1.29 is 13.9 Å². The van der Waals surface area contributed by atoms with Gasteiger partial charge in [-0.25, -0.2) is 4.98 Å². The number of rotatable bonds is 6. The molecule has 0 aliphatic rings. The molecule has 144 valence electrons. The van der Waals surface area contributed by atoms with Crippen molar-refractivity contribution in [1.29, 1.82) is 0 Å². The molecule has 0 unspecified atom stereocenters. The number of para-hydroxylation sites is 2. The molecule has 6 nitrogen and oxygen atoms in total. The van der Waals surface area contributed by atoms with Crippen LogP contribution < -0.4 is 10.1 Å². The van der Waals surface area contributed by atoms with Crippen LogP contribution in [0.1, 0.15) is 0 Å². The zero-order valence-electron chi connectivity index (χ0n) is 15.4. The highest BCUT2D eigenvalue weighted by Gasteiger charge is 2.08. The van der Waals surface area contributed by atoms with Crippen molar-refractivity contribution in [2.24, 2.45) is 0 Å². The highest BCUT2D eigenvalue weighted by molar-refractivity contribution is 7.99. The fourth-order valence-electron chi connectivity index (χ4n) is 2.60. The Balaban J connectivity index is 1.18. The lowest BCUT2D eigenvalue weighted by Gasteiger charge is -2.03. The second-order valence-corrected chi connectivity index (χ2v) is 6.94.